The number of benzene rings is 1. The van der Waals surface area contributed by atoms with E-state index in [9.17, 15) is 14.4 Å². The molecule has 6 nitrogen and oxygen atoms in total. The van der Waals surface area contributed by atoms with Crippen LogP contribution in [-0.2, 0) is 26.2 Å². The molecule has 1 atom stereocenters. The van der Waals surface area contributed by atoms with Crippen LogP contribution in [0.5, 0.6) is 0 Å². The van der Waals surface area contributed by atoms with E-state index in [0.29, 0.717) is 6.42 Å². The number of piperazine rings is 1. The summed E-state index contributed by atoms with van der Waals surface area (Å²) in [4.78, 5) is 40.2. The van der Waals surface area contributed by atoms with Crippen molar-refractivity contribution in [3.63, 3.8) is 0 Å². The van der Waals surface area contributed by atoms with E-state index < -0.39 is 11.5 Å². The first-order valence-corrected chi connectivity index (χ1v) is 10.2. The number of ketones is 1. The zero-order valence-corrected chi connectivity index (χ0v) is 18.2. The maximum absolute atomic E-state index is 12.5. The van der Waals surface area contributed by atoms with Crippen LogP contribution in [0.4, 0.5) is 0 Å². The van der Waals surface area contributed by atoms with Gasteiger partial charge in [0.25, 0.3) is 5.91 Å². The standard InChI is InChI=1S/C24H29N3O3/c1-7-24(5,6)21-17(12-19-23(30)25-14(4)22(29)27-19)16-10-15(8-9-18(16)26-21)11-20(28)13(2)3/h7-10,12-14,26H,1,11H2,2-6H3,(H,25,30)(H,27,29)/b19-12-/t14-/m0/s1. The Morgan fingerprint density at radius 1 is 1.27 bits per heavy atom. The van der Waals surface area contributed by atoms with Crippen LogP contribution in [-0.4, -0.2) is 28.6 Å². The number of carbonyl (C=O) groups excluding carboxylic acids is 3. The van der Waals surface area contributed by atoms with Crippen molar-refractivity contribution in [2.45, 2.75) is 52.5 Å². The molecule has 0 radical (unpaired) electrons. The highest BCUT2D eigenvalue weighted by Crippen LogP contribution is 2.34. The number of amides is 2. The van der Waals surface area contributed by atoms with Crippen LogP contribution in [0.3, 0.4) is 0 Å². The molecule has 0 spiro atoms. The van der Waals surface area contributed by atoms with E-state index in [1.807, 2.05) is 52.0 Å². The van der Waals surface area contributed by atoms with Gasteiger partial charge in [0.05, 0.1) is 0 Å². The number of hydrogen-bond acceptors (Lipinski definition) is 3. The summed E-state index contributed by atoms with van der Waals surface area (Å²) in [7, 11) is 0. The lowest BCUT2D eigenvalue weighted by Gasteiger charge is -2.23. The third-order valence-electron chi connectivity index (χ3n) is 5.61. The number of allylic oxidation sites excluding steroid dienone is 1. The van der Waals surface area contributed by atoms with Gasteiger partial charge in [0.2, 0.25) is 5.91 Å². The summed E-state index contributed by atoms with van der Waals surface area (Å²) in [5.41, 5.74) is 3.28. The second-order valence-electron chi connectivity index (χ2n) is 8.76. The van der Waals surface area contributed by atoms with Crippen LogP contribution in [0, 0.1) is 5.92 Å². The fourth-order valence-electron chi connectivity index (χ4n) is 3.42. The number of H-pyrrole nitrogens is 1. The van der Waals surface area contributed by atoms with Crippen LogP contribution in [0.1, 0.15) is 51.4 Å². The van der Waals surface area contributed by atoms with Crippen LogP contribution in [0.25, 0.3) is 17.0 Å². The molecule has 1 fully saturated rings. The molecule has 1 aromatic heterocycles. The summed E-state index contributed by atoms with van der Waals surface area (Å²) in [6.07, 6.45) is 3.89. The van der Waals surface area contributed by atoms with Crippen molar-refractivity contribution in [3.05, 3.63) is 53.4 Å². The molecule has 0 bridgehead atoms. The predicted octanol–water partition coefficient (Wildman–Crippen LogP) is 3.37. The molecule has 2 heterocycles. The van der Waals surface area contributed by atoms with E-state index in [2.05, 4.69) is 22.2 Å². The van der Waals surface area contributed by atoms with E-state index in [1.165, 1.54) is 0 Å². The van der Waals surface area contributed by atoms with Crippen LogP contribution in [0.15, 0.2) is 36.6 Å². The Morgan fingerprint density at radius 2 is 1.97 bits per heavy atom. The lowest BCUT2D eigenvalue weighted by molar-refractivity contribution is -0.130. The Kier molecular flexibility index (Phi) is 5.70. The van der Waals surface area contributed by atoms with Gasteiger partial charge in [0.1, 0.15) is 17.5 Å². The number of Topliss-reactive ketones (excluding diaryl/α,β-unsaturated/α-hetero) is 1. The van der Waals surface area contributed by atoms with Crippen LogP contribution >= 0.6 is 0 Å². The fourth-order valence-corrected chi connectivity index (χ4v) is 3.42. The minimum Gasteiger partial charge on any atom is -0.357 e. The summed E-state index contributed by atoms with van der Waals surface area (Å²) in [6, 6.07) is 5.30. The third kappa shape index (κ3) is 4.08. The molecule has 1 saturated heterocycles. The number of carbonyl (C=O) groups is 3. The van der Waals surface area contributed by atoms with Gasteiger partial charge in [-0.05, 0) is 30.7 Å². The lowest BCUT2D eigenvalue weighted by Crippen LogP contribution is -2.53. The van der Waals surface area contributed by atoms with Crippen molar-refractivity contribution in [1.82, 2.24) is 15.6 Å². The monoisotopic (exact) mass is 407 g/mol. The van der Waals surface area contributed by atoms with Gasteiger partial charge in [-0.3, -0.25) is 14.4 Å². The van der Waals surface area contributed by atoms with E-state index in [-0.39, 0.29) is 29.2 Å². The summed E-state index contributed by atoms with van der Waals surface area (Å²) >= 11 is 0. The Hall–Kier alpha value is -3.15. The second-order valence-corrected chi connectivity index (χ2v) is 8.76. The largest absolute Gasteiger partial charge is 0.357 e. The van der Waals surface area contributed by atoms with E-state index >= 15 is 0 Å². The minimum atomic E-state index is -0.574. The van der Waals surface area contributed by atoms with Gasteiger partial charge in [-0.1, -0.05) is 39.8 Å². The van der Waals surface area contributed by atoms with Gasteiger partial charge >= 0.3 is 0 Å². The van der Waals surface area contributed by atoms with Gasteiger partial charge in [-0.2, -0.15) is 0 Å². The molecule has 2 aromatic rings. The summed E-state index contributed by atoms with van der Waals surface area (Å²) in [5.74, 6) is -0.449. The first-order valence-electron chi connectivity index (χ1n) is 10.2. The molecule has 158 valence electrons. The normalized spacial score (nSPS) is 18.6. The SMILES string of the molecule is C=CC(C)(C)c1[nH]c2ccc(CC(=O)C(C)C)cc2c1/C=C1\NC(=O)[C@H](C)NC1=O. The smallest absolute Gasteiger partial charge is 0.268 e. The van der Waals surface area contributed by atoms with Gasteiger partial charge < -0.3 is 15.6 Å². The average Bonchev–Trinajstić information content (AvgIpc) is 3.04. The predicted molar refractivity (Wildman–Crippen MR) is 119 cm³/mol. The molecule has 1 aliphatic rings. The van der Waals surface area contributed by atoms with Crippen molar-refractivity contribution >= 4 is 34.6 Å². The molecule has 0 aliphatic carbocycles. The van der Waals surface area contributed by atoms with Gasteiger partial charge in [0, 0.05) is 39.9 Å². The van der Waals surface area contributed by atoms with E-state index in [4.69, 9.17) is 0 Å². The van der Waals surface area contributed by atoms with Gasteiger partial charge in [-0.15, -0.1) is 6.58 Å². The number of hydrogen-bond donors (Lipinski definition) is 3. The third-order valence-corrected chi connectivity index (χ3v) is 5.61. The number of aromatic amines is 1. The molecule has 1 aliphatic heterocycles. The lowest BCUT2D eigenvalue weighted by atomic mass is 9.86. The number of fused-ring (bicyclic) bond motifs is 1. The average molecular weight is 408 g/mol. The Labute approximate surface area is 176 Å². The molecule has 0 saturated carbocycles. The molecule has 0 unspecified atom stereocenters. The quantitative estimate of drug-likeness (QED) is 0.506. The molecular weight excluding hydrogens is 378 g/mol. The molecular formula is C24H29N3O3. The van der Waals surface area contributed by atoms with Crippen LogP contribution < -0.4 is 10.6 Å². The van der Waals surface area contributed by atoms with Gasteiger partial charge in [-0.25, -0.2) is 0 Å². The van der Waals surface area contributed by atoms with Crippen molar-refractivity contribution in [3.8, 4) is 0 Å². The van der Waals surface area contributed by atoms with Crippen molar-refractivity contribution < 1.29 is 14.4 Å². The number of rotatable bonds is 6. The molecule has 6 heteroatoms. The Balaban J connectivity index is 2.18. The first-order chi connectivity index (χ1) is 14.0. The van der Waals surface area contributed by atoms with E-state index in [0.717, 1.165) is 27.7 Å². The maximum atomic E-state index is 12.5. The summed E-state index contributed by atoms with van der Waals surface area (Å²) < 4.78 is 0. The zero-order chi connectivity index (χ0) is 22.2. The topological polar surface area (TPSA) is 91.1 Å². The first kappa shape index (κ1) is 21.6. The highest BCUT2D eigenvalue weighted by Gasteiger charge is 2.29. The molecule has 3 rings (SSSR count). The number of nitrogens with one attached hydrogen (secondary N) is 3. The van der Waals surface area contributed by atoms with E-state index in [1.54, 1.807) is 13.0 Å². The maximum Gasteiger partial charge on any atom is 0.268 e. The van der Waals surface area contributed by atoms with Gasteiger partial charge in [0.15, 0.2) is 0 Å². The minimum absolute atomic E-state index is 0.0353. The zero-order valence-electron chi connectivity index (χ0n) is 18.2. The molecule has 1 aromatic carbocycles. The summed E-state index contributed by atoms with van der Waals surface area (Å²) in [5, 5.41) is 6.25. The van der Waals surface area contributed by atoms with Crippen LogP contribution in [0.2, 0.25) is 0 Å². The second kappa shape index (κ2) is 7.94. The summed E-state index contributed by atoms with van der Waals surface area (Å²) in [6.45, 7) is 13.4. The molecule has 30 heavy (non-hydrogen) atoms. The Bertz CT molecular complexity index is 1070. The van der Waals surface area contributed by atoms with Crippen molar-refractivity contribution in [2.24, 2.45) is 5.92 Å². The fraction of sp³-hybridized carbons (Fsp3) is 0.375. The number of aromatic nitrogens is 1. The molecule has 2 amide bonds. The highest BCUT2D eigenvalue weighted by atomic mass is 16.2. The van der Waals surface area contributed by atoms with Crippen molar-refractivity contribution in [2.75, 3.05) is 0 Å². The highest BCUT2D eigenvalue weighted by molar-refractivity contribution is 6.08. The Morgan fingerprint density at radius 3 is 2.60 bits per heavy atom. The van der Waals surface area contributed by atoms with Crippen molar-refractivity contribution in [1.29, 1.82) is 0 Å². The molecule has 3 N–H and O–H groups in total.